The fourth-order valence-corrected chi connectivity index (χ4v) is 5.06. The molecule has 1 aliphatic carbocycles. The van der Waals surface area contributed by atoms with Gasteiger partial charge in [-0.15, -0.1) is 0 Å². The molecule has 4 aromatic rings. The minimum atomic E-state index is -3.65. The summed E-state index contributed by atoms with van der Waals surface area (Å²) in [5.74, 6) is 0.134. The maximum Gasteiger partial charge on any atom is 0.264 e. The number of fused-ring (bicyclic) bond motifs is 2. The molecule has 0 saturated heterocycles. The molecular formula is C24H25N5O3S. The highest BCUT2D eigenvalue weighted by molar-refractivity contribution is 7.89. The fourth-order valence-electron chi connectivity index (χ4n) is 4.61. The monoisotopic (exact) mass is 463 g/mol. The number of amides is 1. The Kier molecular flexibility index (Phi) is 5.36. The number of benzene rings is 1. The lowest BCUT2D eigenvalue weighted by molar-refractivity contribution is 0.0982. The Bertz CT molecular complexity index is 1490. The van der Waals surface area contributed by atoms with Gasteiger partial charge >= 0.3 is 0 Å². The second-order valence-corrected chi connectivity index (χ2v) is 10.5. The molecule has 3 heterocycles. The first-order chi connectivity index (χ1) is 15.8. The highest BCUT2D eigenvalue weighted by atomic mass is 32.2. The van der Waals surface area contributed by atoms with E-state index in [-0.39, 0.29) is 5.56 Å². The molecule has 0 spiro atoms. The zero-order valence-electron chi connectivity index (χ0n) is 18.6. The molecule has 8 nitrogen and oxygen atoms in total. The van der Waals surface area contributed by atoms with E-state index in [1.807, 2.05) is 35.9 Å². The molecule has 170 valence electrons. The molecule has 0 bridgehead atoms. The smallest absolute Gasteiger partial charge is 0.264 e. The van der Waals surface area contributed by atoms with Gasteiger partial charge in [-0.1, -0.05) is 19.3 Å². The minimum absolute atomic E-state index is 0.254. The van der Waals surface area contributed by atoms with Gasteiger partial charge in [-0.05, 0) is 56.2 Å². The number of rotatable bonds is 4. The van der Waals surface area contributed by atoms with Gasteiger partial charge in [0.1, 0.15) is 5.82 Å². The maximum absolute atomic E-state index is 12.4. The van der Waals surface area contributed by atoms with E-state index >= 15 is 0 Å². The average Bonchev–Trinajstić information content (AvgIpc) is 3.17. The number of hydrogen-bond acceptors (Lipinski definition) is 6. The third kappa shape index (κ3) is 4.32. The first-order valence-corrected chi connectivity index (χ1v) is 13.0. The Hall–Kier alpha value is -3.33. The van der Waals surface area contributed by atoms with Crippen LogP contribution in [0.3, 0.4) is 0 Å². The lowest BCUT2D eigenvalue weighted by Gasteiger charge is -2.25. The summed E-state index contributed by atoms with van der Waals surface area (Å²) in [4.78, 5) is 26.4. The fraction of sp³-hybridized carbons (Fsp3) is 0.333. The second-order valence-electron chi connectivity index (χ2n) is 8.73. The van der Waals surface area contributed by atoms with Crippen molar-refractivity contribution in [1.82, 2.24) is 24.2 Å². The van der Waals surface area contributed by atoms with Gasteiger partial charge in [0.25, 0.3) is 5.91 Å². The topological polar surface area (TPSA) is 107 Å². The largest absolute Gasteiger partial charge is 0.321 e. The molecular weight excluding hydrogens is 438 g/mol. The molecule has 1 amide bonds. The van der Waals surface area contributed by atoms with E-state index in [1.54, 1.807) is 18.3 Å². The van der Waals surface area contributed by atoms with Crippen molar-refractivity contribution in [3.63, 3.8) is 0 Å². The molecule has 1 aliphatic rings. The van der Waals surface area contributed by atoms with Gasteiger partial charge in [0.15, 0.2) is 5.65 Å². The molecule has 0 radical (unpaired) electrons. The molecule has 1 saturated carbocycles. The van der Waals surface area contributed by atoms with Gasteiger partial charge in [-0.25, -0.2) is 28.1 Å². The summed E-state index contributed by atoms with van der Waals surface area (Å²) in [6, 6.07) is 11.5. The number of carbonyl (C=O) groups excluding carboxylic acids is 1. The number of aromatic nitrogens is 4. The molecule has 0 aliphatic heterocycles. The summed E-state index contributed by atoms with van der Waals surface area (Å²) >= 11 is 0. The quantitative estimate of drug-likeness (QED) is 0.487. The summed E-state index contributed by atoms with van der Waals surface area (Å²) < 4.78 is 27.3. The van der Waals surface area contributed by atoms with Crippen LogP contribution < -0.4 is 4.72 Å². The van der Waals surface area contributed by atoms with Gasteiger partial charge in [0, 0.05) is 34.4 Å². The highest BCUT2D eigenvalue weighted by Crippen LogP contribution is 2.36. The van der Waals surface area contributed by atoms with Gasteiger partial charge in [-0.2, -0.15) is 0 Å². The van der Waals surface area contributed by atoms with E-state index in [1.165, 1.54) is 6.42 Å². The van der Waals surface area contributed by atoms with Crippen molar-refractivity contribution in [3.8, 4) is 11.4 Å². The Balaban J connectivity index is 1.66. The lowest BCUT2D eigenvalue weighted by Crippen LogP contribution is -2.29. The Morgan fingerprint density at radius 1 is 1.06 bits per heavy atom. The van der Waals surface area contributed by atoms with Crippen LogP contribution in [0, 0.1) is 6.92 Å². The summed E-state index contributed by atoms with van der Waals surface area (Å²) in [6.45, 7) is 1.94. The van der Waals surface area contributed by atoms with E-state index < -0.39 is 15.9 Å². The number of pyridine rings is 2. The number of imidazole rings is 1. The summed E-state index contributed by atoms with van der Waals surface area (Å²) in [5, 5.41) is 0.938. The van der Waals surface area contributed by atoms with Crippen LogP contribution in [0.4, 0.5) is 0 Å². The summed E-state index contributed by atoms with van der Waals surface area (Å²) in [6.07, 6.45) is 8.45. The van der Waals surface area contributed by atoms with Crippen molar-refractivity contribution in [3.05, 3.63) is 53.9 Å². The van der Waals surface area contributed by atoms with Crippen molar-refractivity contribution < 1.29 is 13.2 Å². The zero-order chi connectivity index (χ0) is 23.2. The maximum atomic E-state index is 12.4. The van der Waals surface area contributed by atoms with E-state index in [0.29, 0.717) is 17.2 Å². The number of nitrogens with one attached hydrogen (secondary N) is 1. The first kappa shape index (κ1) is 21.5. The number of nitrogens with zero attached hydrogens (tertiary/aromatic N) is 4. The molecule has 1 aromatic carbocycles. The van der Waals surface area contributed by atoms with Crippen LogP contribution in [-0.2, 0) is 10.0 Å². The Morgan fingerprint density at radius 2 is 1.85 bits per heavy atom. The summed E-state index contributed by atoms with van der Waals surface area (Å²) in [5.41, 5.74) is 4.32. The van der Waals surface area contributed by atoms with Crippen molar-refractivity contribution in [1.29, 1.82) is 0 Å². The molecule has 33 heavy (non-hydrogen) atoms. The lowest BCUT2D eigenvalue weighted by atomic mass is 9.95. The van der Waals surface area contributed by atoms with E-state index in [9.17, 15) is 13.2 Å². The normalized spacial score (nSPS) is 15.2. The number of carbonyl (C=O) groups is 1. The van der Waals surface area contributed by atoms with E-state index in [4.69, 9.17) is 4.98 Å². The predicted octanol–water partition coefficient (Wildman–Crippen LogP) is 4.15. The van der Waals surface area contributed by atoms with Crippen molar-refractivity contribution in [2.45, 2.75) is 45.1 Å². The third-order valence-corrected chi connectivity index (χ3v) is 6.67. The van der Waals surface area contributed by atoms with Crippen LogP contribution in [0.5, 0.6) is 0 Å². The Labute approximate surface area is 192 Å². The van der Waals surface area contributed by atoms with Crippen LogP contribution in [0.15, 0.2) is 42.6 Å². The summed E-state index contributed by atoms with van der Waals surface area (Å²) in [7, 11) is -3.65. The SMILES string of the molecule is Cc1ccc2cc(-c3nc4cc(C(=O)NS(C)(=O)=O)ccc4n3C3CCCCC3)cnc2n1. The number of aryl methyl sites for hydroxylation is 1. The van der Waals surface area contributed by atoms with Crippen LogP contribution >= 0.6 is 0 Å². The van der Waals surface area contributed by atoms with Gasteiger partial charge in [-0.3, -0.25) is 4.79 Å². The molecule has 0 atom stereocenters. The predicted molar refractivity (Wildman–Crippen MR) is 127 cm³/mol. The molecule has 5 rings (SSSR count). The second kappa shape index (κ2) is 8.22. The third-order valence-electron chi connectivity index (χ3n) is 6.11. The zero-order valence-corrected chi connectivity index (χ0v) is 19.4. The van der Waals surface area contributed by atoms with Crippen LogP contribution in [-0.4, -0.2) is 40.1 Å². The van der Waals surface area contributed by atoms with Crippen LogP contribution in [0.2, 0.25) is 0 Å². The molecule has 0 unspecified atom stereocenters. The van der Waals surface area contributed by atoms with Crippen molar-refractivity contribution >= 4 is 38.0 Å². The minimum Gasteiger partial charge on any atom is -0.321 e. The molecule has 3 aromatic heterocycles. The van der Waals surface area contributed by atoms with Crippen molar-refractivity contribution in [2.24, 2.45) is 0 Å². The van der Waals surface area contributed by atoms with Gasteiger partial charge in [0.05, 0.1) is 17.3 Å². The van der Waals surface area contributed by atoms with Crippen LogP contribution in [0.25, 0.3) is 33.5 Å². The van der Waals surface area contributed by atoms with Crippen LogP contribution in [0.1, 0.15) is 54.2 Å². The molecule has 1 N–H and O–H groups in total. The number of hydrogen-bond donors (Lipinski definition) is 1. The number of sulfonamides is 1. The standard InChI is InChI=1S/C24H25N5O3S/c1-15-8-9-16-12-18(14-25-22(16)26-15)23-27-20-13-17(24(30)28-33(2,31)32)10-11-21(20)29(23)19-6-4-3-5-7-19/h8-14,19H,3-7H2,1-2H3,(H,28,30). The first-order valence-electron chi connectivity index (χ1n) is 11.1. The highest BCUT2D eigenvalue weighted by Gasteiger charge is 2.23. The van der Waals surface area contributed by atoms with E-state index in [0.717, 1.165) is 59.9 Å². The molecule has 1 fully saturated rings. The average molecular weight is 464 g/mol. The van der Waals surface area contributed by atoms with Gasteiger partial charge in [0.2, 0.25) is 10.0 Å². The molecule has 9 heteroatoms. The van der Waals surface area contributed by atoms with E-state index in [2.05, 4.69) is 14.5 Å². The Morgan fingerprint density at radius 3 is 2.61 bits per heavy atom. The van der Waals surface area contributed by atoms with Gasteiger partial charge < -0.3 is 4.57 Å². The van der Waals surface area contributed by atoms with Crippen molar-refractivity contribution in [2.75, 3.05) is 6.26 Å².